The summed E-state index contributed by atoms with van der Waals surface area (Å²) in [6.45, 7) is 1.84. The average Bonchev–Trinajstić information content (AvgIpc) is 2.69. The summed E-state index contributed by atoms with van der Waals surface area (Å²) in [6.07, 6.45) is 7.36. The average molecular weight is 460 g/mol. The van der Waals surface area contributed by atoms with Crippen LogP contribution in [0.5, 0.6) is 0 Å². The van der Waals surface area contributed by atoms with Gasteiger partial charge in [0.25, 0.3) is 5.91 Å². The smallest absolute Gasteiger partial charge is 0.267 e. The largest absolute Gasteiger partial charge is 0.362 e. The van der Waals surface area contributed by atoms with E-state index in [1.807, 2.05) is 18.2 Å². The third-order valence-electron chi connectivity index (χ3n) is 4.64. The summed E-state index contributed by atoms with van der Waals surface area (Å²) in [4.78, 5) is 15.5. The quantitative estimate of drug-likeness (QED) is 0.299. The summed E-state index contributed by atoms with van der Waals surface area (Å²) >= 11 is 6.43. The normalized spacial score (nSPS) is 18.4. The number of nitrogens with zero attached hydrogens (tertiary/aromatic N) is 1. The van der Waals surface area contributed by atoms with Crippen molar-refractivity contribution >= 4 is 54.2 Å². The van der Waals surface area contributed by atoms with Crippen molar-refractivity contribution in [3.8, 4) is 0 Å². The Morgan fingerprint density at radius 1 is 1.31 bits per heavy atom. The Morgan fingerprint density at radius 2 is 2.07 bits per heavy atom. The van der Waals surface area contributed by atoms with E-state index in [9.17, 15) is 4.79 Å². The van der Waals surface area contributed by atoms with Gasteiger partial charge in [0.2, 0.25) is 0 Å². The molecule has 3 rings (SSSR count). The van der Waals surface area contributed by atoms with Crippen LogP contribution < -0.4 is 16.1 Å². The number of hydrogen-bond donors (Lipinski definition) is 4. The number of carbonyl (C=O) groups excluding carboxylic acids is 1. The third kappa shape index (κ3) is 7.17. The van der Waals surface area contributed by atoms with Crippen LogP contribution in [0.4, 0.5) is 5.82 Å². The number of hydroxylamine groups is 1. The predicted octanol–water partition coefficient (Wildman–Crippen LogP) is 3.87. The standard InChI is InChI=1S/C20H23ClN4O2.2ClH/c21-17-11-16(7-8-18(26)25-27)13-23-19(17)24-20(9-4-10-22-14-20)12-15-5-2-1-3-6-15;;/h1-3,5-8,11,13,22,27H,4,9-10,12,14H2,(H,23,24)(H,25,26);2*1H/b8-7+;;/t20-;;/m1../s1. The highest BCUT2D eigenvalue weighted by atomic mass is 35.5. The summed E-state index contributed by atoms with van der Waals surface area (Å²) in [5.74, 6) is 0.0171. The lowest BCUT2D eigenvalue weighted by molar-refractivity contribution is -0.124. The Hall–Kier alpha value is -1.83. The van der Waals surface area contributed by atoms with Crippen molar-refractivity contribution < 1.29 is 10.0 Å². The number of piperidine rings is 1. The van der Waals surface area contributed by atoms with Gasteiger partial charge in [0.05, 0.1) is 10.6 Å². The molecule has 0 spiro atoms. The molecule has 2 aromatic rings. The third-order valence-corrected chi connectivity index (χ3v) is 4.93. The van der Waals surface area contributed by atoms with Gasteiger partial charge >= 0.3 is 0 Å². The van der Waals surface area contributed by atoms with E-state index in [1.54, 1.807) is 17.7 Å². The summed E-state index contributed by atoms with van der Waals surface area (Å²) < 4.78 is 0. The van der Waals surface area contributed by atoms with Gasteiger partial charge in [-0.2, -0.15) is 0 Å². The number of pyridine rings is 1. The minimum Gasteiger partial charge on any atom is -0.362 e. The van der Waals surface area contributed by atoms with Gasteiger partial charge in [0.15, 0.2) is 0 Å². The van der Waals surface area contributed by atoms with Crippen LogP contribution >= 0.6 is 36.4 Å². The molecule has 1 aliphatic heterocycles. The molecule has 0 aliphatic carbocycles. The molecule has 158 valence electrons. The first-order valence-corrected chi connectivity index (χ1v) is 9.29. The monoisotopic (exact) mass is 458 g/mol. The number of rotatable bonds is 6. The first-order chi connectivity index (χ1) is 13.1. The molecule has 0 radical (unpaired) electrons. The van der Waals surface area contributed by atoms with Gasteiger partial charge in [-0.3, -0.25) is 10.0 Å². The van der Waals surface area contributed by atoms with Crippen molar-refractivity contribution in [1.82, 2.24) is 15.8 Å². The highest BCUT2D eigenvalue weighted by Crippen LogP contribution is 2.30. The molecule has 1 fully saturated rings. The Bertz CT molecular complexity index is 813. The maximum absolute atomic E-state index is 11.1. The molecule has 0 saturated carbocycles. The van der Waals surface area contributed by atoms with E-state index >= 15 is 0 Å². The van der Waals surface area contributed by atoms with Crippen molar-refractivity contribution in [3.05, 3.63) is 64.8 Å². The van der Waals surface area contributed by atoms with Crippen molar-refractivity contribution in [2.24, 2.45) is 0 Å². The van der Waals surface area contributed by atoms with Gasteiger partial charge in [0, 0.05) is 18.8 Å². The van der Waals surface area contributed by atoms with Gasteiger partial charge in [-0.05, 0) is 49.1 Å². The van der Waals surface area contributed by atoms with Crippen LogP contribution in [-0.2, 0) is 11.2 Å². The molecule has 1 amide bonds. The molecule has 1 aromatic carbocycles. The number of amides is 1. The molecule has 1 atom stereocenters. The van der Waals surface area contributed by atoms with Crippen molar-refractivity contribution in [3.63, 3.8) is 0 Å². The number of hydrogen-bond acceptors (Lipinski definition) is 5. The second-order valence-corrected chi connectivity index (χ2v) is 7.16. The maximum Gasteiger partial charge on any atom is 0.267 e. The zero-order valence-corrected chi connectivity index (χ0v) is 18.1. The Balaban J connectivity index is 0.00000210. The molecule has 1 saturated heterocycles. The maximum atomic E-state index is 11.1. The van der Waals surface area contributed by atoms with Gasteiger partial charge < -0.3 is 10.6 Å². The van der Waals surface area contributed by atoms with E-state index in [0.29, 0.717) is 16.4 Å². The van der Waals surface area contributed by atoms with E-state index < -0.39 is 5.91 Å². The van der Waals surface area contributed by atoms with E-state index in [4.69, 9.17) is 16.8 Å². The molecule has 1 aromatic heterocycles. The van der Waals surface area contributed by atoms with Crippen molar-refractivity contribution in [2.75, 3.05) is 18.4 Å². The summed E-state index contributed by atoms with van der Waals surface area (Å²) in [6, 6.07) is 12.1. The highest BCUT2D eigenvalue weighted by Gasteiger charge is 2.33. The number of nitrogens with one attached hydrogen (secondary N) is 3. The number of carbonyl (C=O) groups is 1. The minimum atomic E-state index is -0.608. The van der Waals surface area contributed by atoms with Gasteiger partial charge in [0.1, 0.15) is 5.82 Å². The second kappa shape index (κ2) is 12.0. The second-order valence-electron chi connectivity index (χ2n) is 6.76. The van der Waals surface area contributed by atoms with E-state index in [-0.39, 0.29) is 30.4 Å². The van der Waals surface area contributed by atoms with E-state index in [0.717, 1.165) is 32.4 Å². The molecular weight excluding hydrogens is 435 g/mol. The fourth-order valence-corrected chi connectivity index (χ4v) is 3.57. The van der Waals surface area contributed by atoms with Gasteiger partial charge in [-0.1, -0.05) is 41.9 Å². The van der Waals surface area contributed by atoms with Crippen molar-refractivity contribution in [1.29, 1.82) is 0 Å². The van der Waals surface area contributed by atoms with E-state index in [2.05, 4.69) is 27.8 Å². The molecule has 0 bridgehead atoms. The zero-order valence-electron chi connectivity index (χ0n) is 15.7. The summed E-state index contributed by atoms with van der Waals surface area (Å²) in [5.41, 5.74) is 3.32. The molecule has 4 N–H and O–H groups in total. The molecule has 2 heterocycles. The summed E-state index contributed by atoms with van der Waals surface area (Å²) in [5, 5.41) is 16.1. The van der Waals surface area contributed by atoms with E-state index in [1.165, 1.54) is 17.7 Å². The van der Waals surface area contributed by atoms with Crippen molar-refractivity contribution in [2.45, 2.75) is 24.8 Å². The number of aromatic nitrogens is 1. The first-order valence-electron chi connectivity index (χ1n) is 8.91. The SMILES string of the molecule is Cl.Cl.O=C(/C=C/c1cnc(N[C@@]2(Cc3ccccc3)CCCNC2)c(Cl)c1)NO. The molecular formula is C20H25Cl3N4O2. The number of anilines is 1. The minimum absolute atomic E-state index is 0. The number of benzene rings is 1. The van der Waals surface area contributed by atoms with Crippen LogP contribution in [0, 0.1) is 0 Å². The topological polar surface area (TPSA) is 86.3 Å². The van der Waals surface area contributed by atoms with Crippen LogP contribution in [0.15, 0.2) is 48.7 Å². The lowest BCUT2D eigenvalue weighted by Gasteiger charge is -2.39. The molecule has 6 nitrogen and oxygen atoms in total. The first kappa shape index (κ1) is 25.2. The van der Waals surface area contributed by atoms with Crippen LogP contribution in [0.2, 0.25) is 5.02 Å². The Labute approximate surface area is 187 Å². The van der Waals surface area contributed by atoms with Gasteiger partial charge in [-0.15, -0.1) is 24.8 Å². The molecule has 1 aliphatic rings. The Kier molecular flexibility index (Phi) is 10.4. The zero-order chi connectivity index (χ0) is 19.1. The summed E-state index contributed by atoms with van der Waals surface area (Å²) in [7, 11) is 0. The lowest BCUT2D eigenvalue weighted by atomic mass is 9.84. The van der Waals surface area contributed by atoms with Crippen LogP contribution in [-0.4, -0.2) is 34.7 Å². The molecule has 9 heteroatoms. The Morgan fingerprint density at radius 3 is 2.69 bits per heavy atom. The highest BCUT2D eigenvalue weighted by molar-refractivity contribution is 6.33. The van der Waals surface area contributed by atoms with Crippen LogP contribution in [0.1, 0.15) is 24.0 Å². The fraction of sp³-hybridized carbons (Fsp3) is 0.300. The number of halogens is 3. The van der Waals surface area contributed by atoms with Crippen LogP contribution in [0.3, 0.4) is 0 Å². The molecule has 0 unspecified atom stereocenters. The molecule has 29 heavy (non-hydrogen) atoms. The van der Waals surface area contributed by atoms with Crippen LogP contribution in [0.25, 0.3) is 6.08 Å². The fourth-order valence-electron chi connectivity index (χ4n) is 3.35. The van der Waals surface area contributed by atoms with Gasteiger partial charge in [-0.25, -0.2) is 10.5 Å². The predicted molar refractivity (Wildman–Crippen MR) is 121 cm³/mol. The lowest BCUT2D eigenvalue weighted by Crippen LogP contribution is -2.53.